The Morgan fingerprint density at radius 2 is 1.79 bits per heavy atom. The first-order chi connectivity index (χ1) is 15.9. The highest BCUT2D eigenvalue weighted by molar-refractivity contribution is 5.97. The normalized spacial score (nSPS) is 12.2. The Labute approximate surface area is 190 Å². The van der Waals surface area contributed by atoms with Crippen LogP contribution in [0.25, 0.3) is 33.3 Å². The highest BCUT2D eigenvalue weighted by Gasteiger charge is 2.20. The van der Waals surface area contributed by atoms with Gasteiger partial charge in [-0.3, -0.25) is 9.67 Å². The highest BCUT2D eigenvalue weighted by Crippen LogP contribution is 2.35. The van der Waals surface area contributed by atoms with Crippen LogP contribution in [0.3, 0.4) is 0 Å². The zero-order valence-corrected chi connectivity index (χ0v) is 18.5. The summed E-state index contributed by atoms with van der Waals surface area (Å²) < 4.78 is 7.36. The summed E-state index contributed by atoms with van der Waals surface area (Å²) in [6, 6.07) is 18.7. The molecule has 3 heterocycles. The average molecular weight is 438 g/mol. The van der Waals surface area contributed by atoms with E-state index in [0.717, 1.165) is 50.4 Å². The number of aryl methyl sites for hydroxylation is 2. The summed E-state index contributed by atoms with van der Waals surface area (Å²) in [5, 5.41) is 19.3. The molecule has 0 radical (unpaired) electrons. The van der Waals surface area contributed by atoms with E-state index in [1.54, 1.807) is 30.5 Å². The van der Waals surface area contributed by atoms with Crippen molar-refractivity contribution in [3.05, 3.63) is 89.6 Å². The zero-order valence-electron chi connectivity index (χ0n) is 18.5. The summed E-state index contributed by atoms with van der Waals surface area (Å²) >= 11 is 0. The Bertz CT molecular complexity index is 1450. The minimum Gasteiger partial charge on any atom is -0.478 e. The lowest BCUT2D eigenvalue weighted by Crippen LogP contribution is -2.10. The molecular formula is C26H22N4O3. The number of pyridine rings is 1. The van der Waals surface area contributed by atoms with E-state index in [1.807, 2.05) is 48.9 Å². The van der Waals surface area contributed by atoms with Crippen LogP contribution in [0.1, 0.15) is 40.5 Å². The molecule has 33 heavy (non-hydrogen) atoms. The third-order valence-electron chi connectivity index (χ3n) is 5.92. The van der Waals surface area contributed by atoms with Crippen molar-refractivity contribution in [3.8, 4) is 22.4 Å². The molecule has 0 spiro atoms. The third-order valence-corrected chi connectivity index (χ3v) is 5.92. The molecule has 0 bridgehead atoms. The van der Waals surface area contributed by atoms with Gasteiger partial charge in [-0.1, -0.05) is 29.4 Å². The highest BCUT2D eigenvalue weighted by atomic mass is 16.5. The molecule has 0 aliphatic heterocycles. The van der Waals surface area contributed by atoms with Gasteiger partial charge < -0.3 is 9.63 Å². The van der Waals surface area contributed by atoms with E-state index in [2.05, 4.69) is 23.1 Å². The largest absolute Gasteiger partial charge is 0.478 e. The van der Waals surface area contributed by atoms with E-state index < -0.39 is 5.97 Å². The number of aromatic nitrogens is 4. The molecule has 0 unspecified atom stereocenters. The van der Waals surface area contributed by atoms with Crippen molar-refractivity contribution in [1.82, 2.24) is 19.9 Å². The van der Waals surface area contributed by atoms with Gasteiger partial charge >= 0.3 is 5.97 Å². The van der Waals surface area contributed by atoms with Crippen molar-refractivity contribution in [2.24, 2.45) is 0 Å². The van der Waals surface area contributed by atoms with E-state index in [4.69, 9.17) is 9.62 Å². The fourth-order valence-corrected chi connectivity index (χ4v) is 4.22. The zero-order chi connectivity index (χ0) is 23.1. The second kappa shape index (κ2) is 8.02. The second-order valence-corrected chi connectivity index (χ2v) is 8.04. The van der Waals surface area contributed by atoms with Gasteiger partial charge in [0.05, 0.1) is 28.5 Å². The molecular weight excluding hydrogens is 416 g/mol. The third kappa shape index (κ3) is 3.57. The minimum atomic E-state index is -0.954. The van der Waals surface area contributed by atoms with Crippen LogP contribution in [0.4, 0.5) is 0 Å². The first kappa shape index (κ1) is 20.6. The standard InChI is InChI=1S/C26H22N4O3/c1-15-24(17(3)33-29-15)20-11-12-21-23(14-20)30(16(2)22-6-4-5-13-27-22)28-25(21)18-7-9-19(10-8-18)26(31)32/h4-14,16H,1-3H3,(H,31,32)/t16-/m0/s1. The van der Waals surface area contributed by atoms with Gasteiger partial charge in [0.2, 0.25) is 0 Å². The number of fused-ring (bicyclic) bond motifs is 1. The number of hydrogen-bond acceptors (Lipinski definition) is 5. The maximum absolute atomic E-state index is 11.3. The van der Waals surface area contributed by atoms with Gasteiger partial charge in [-0.15, -0.1) is 0 Å². The number of benzene rings is 2. The van der Waals surface area contributed by atoms with Crippen LogP contribution in [-0.4, -0.2) is 31.0 Å². The molecule has 3 aromatic heterocycles. The fourth-order valence-electron chi connectivity index (χ4n) is 4.22. The molecule has 0 aliphatic rings. The SMILES string of the molecule is Cc1noc(C)c1-c1ccc2c(-c3ccc(C(=O)O)cc3)nn([C@@H](C)c3ccccn3)c2c1. The summed E-state index contributed by atoms with van der Waals surface area (Å²) in [5.41, 5.74) is 6.53. The summed E-state index contributed by atoms with van der Waals surface area (Å²) in [5.74, 6) is -0.190. The van der Waals surface area contributed by atoms with Crippen molar-refractivity contribution in [2.45, 2.75) is 26.8 Å². The number of rotatable bonds is 5. The maximum Gasteiger partial charge on any atom is 0.335 e. The van der Waals surface area contributed by atoms with E-state index in [-0.39, 0.29) is 11.6 Å². The molecule has 164 valence electrons. The Balaban J connectivity index is 1.72. The Morgan fingerprint density at radius 1 is 1.03 bits per heavy atom. The van der Waals surface area contributed by atoms with Crippen LogP contribution in [0.15, 0.2) is 71.4 Å². The molecule has 1 atom stereocenters. The van der Waals surface area contributed by atoms with Crippen molar-refractivity contribution >= 4 is 16.9 Å². The molecule has 0 aliphatic carbocycles. The average Bonchev–Trinajstić information content (AvgIpc) is 3.38. The van der Waals surface area contributed by atoms with Gasteiger partial charge in [0.25, 0.3) is 0 Å². The minimum absolute atomic E-state index is 0.110. The Morgan fingerprint density at radius 3 is 2.42 bits per heavy atom. The van der Waals surface area contributed by atoms with Crippen LogP contribution in [0, 0.1) is 13.8 Å². The fraction of sp³-hybridized carbons (Fsp3) is 0.154. The second-order valence-electron chi connectivity index (χ2n) is 8.04. The first-order valence-corrected chi connectivity index (χ1v) is 10.6. The van der Waals surface area contributed by atoms with Crippen LogP contribution >= 0.6 is 0 Å². The summed E-state index contributed by atoms with van der Waals surface area (Å²) in [6.45, 7) is 5.90. The monoisotopic (exact) mass is 438 g/mol. The predicted molar refractivity (Wildman–Crippen MR) is 125 cm³/mol. The number of hydrogen-bond donors (Lipinski definition) is 1. The molecule has 1 N–H and O–H groups in total. The van der Waals surface area contributed by atoms with Gasteiger partial charge in [0, 0.05) is 22.7 Å². The number of carboxylic acid groups (broad SMARTS) is 1. The summed E-state index contributed by atoms with van der Waals surface area (Å²) in [4.78, 5) is 15.8. The first-order valence-electron chi connectivity index (χ1n) is 10.6. The number of carboxylic acids is 1. The van der Waals surface area contributed by atoms with Crippen LogP contribution in [0.5, 0.6) is 0 Å². The molecule has 0 fully saturated rings. The molecule has 5 aromatic rings. The van der Waals surface area contributed by atoms with Gasteiger partial charge in [-0.2, -0.15) is 5.10 Å². The molecule has 2 aromatic carbocycles. The van der Waals surface area contributed by atoms with E-state index >= 15 is 0 Å². The quantitative estimate of drug-likeness (QED) is 0.379. The number of carbonyl (C=O) groups is 1. The van der Waals surface area contributed by atoms with Crippen LogP contribution < -0.4 is 0 Å². The Kier molecular flexibility index (Phi) is 5.01. The van der Waals surface area contributed by atoms with Crippen molar-refractivity contribution in [1.29, 1.82) is 0 Å². The topological polar surface area (TPSA) is 94.0 Å². The molecule has 7 heteroatoms. The molecule has 0 saturated carbocycles. The lowest BCUT2D eigenvalue weighted by Gasteiger charge is -2.13. The van der Waals surface area contributed by atoms with E-state index in [0.29, 0.717) is 0 Å². The Hall–Kier alpha value is -4.26. The van der Waals surface area contributed by atoms with Crippen LogP contribution in [-0.2, 0) is 0 Å². The maximum atomic E-state index is 11.3. The van der Waals surface area contributed by atoms with E-state index in [1.165, 1.54) is 0 Å². The van der Waals surface area contributed by atoms with Crippen LogP contribution in [0.2, 0.25) is 0 Å². The van der Waals surface area contributed by atoms with Gasteiger partial charge in [0.1, 0.15) is 11.5 Å². The smallest absolute Gasteiger partial charge is 0.335 e. The molecule has 0 saturated heterocycles. The van der Waals surface area contributed by atoms with Gasteiger partial charge in [0.15, 0.2) is 0 Å². The van der Waals surface area contributed by atoms with Gasteiger partial charge in [-0.05, 0) is 62.7 Å². The summed E-state index contributed by atoms with van der Waals surface area (Å²) in [6.07, 6.45) is 1.78. The van der Waals surface area contributed by atoms with Crippen molar-refractivity contribution in [2.75, 3.05) is 0 Å². The predicted octanol–water partition coefficient (Wildman–Crippen LogP) is 5.68. The van der Waals surface area contributed by atoms with Crippen molar-refractivity contribution in [3.63, 3.8) is 0 Å². The molecule has 0 amide bonds. The molecule has 5 rings (SSSR count). The van der Waals surface area contributed by atoms with Gasteiger partial charge in [-0.25, -0.2) is 4.79 Å². The summed E-state index contributed by atoms with van der Waals surface area (Å²) in [7, 11) is 0. The van der Waals surface area contributed by atoms with Crippen molar-refractivity contribution < 1.29 is 14.4 Å². The lowest BCUT2D eigenvalue weighted by atomic mass is 10.0. The van der Waals surface area contributed by atoms with E-state index in [9.17, 15) is 9.90 Å². The number of aromatic carboxylic acids is 1. The lowest BCUT2D eigenvalue weighted by molar-refractivity contribution is 0.0697. The molecule has 7 nitrogen and oxygen atoms in total. The number of nitrogens with zero attached hydrogens (tertiary/aromatic N) is 4.